The van der Waals surface area contributed by atoms with E-state index in [1.54, 1.807) is 0 Å². The lowest BCUT2D eigenvalue weighted by atomic mass is 9.79. The lowest BCUT2D eigenvalue weighted by molar-refractivity contribution is 0.666. The first-order valence-electron chi connectivity index (χ1n) is 17.0. The van der Waals surface area contributed by atoms with Crippen molar-refractivity contribution in [1.29, 1.82) is 0 Å². The van der Waals surface area contributed by atoms with Crippen LogP contribution in [0.1, 0.15) is 25.0 Å². The fourth-order valence-corrected chi connectivity index (χ4v) is 9.33. The van der Waals surface area contributed by atoms with Crippen LogP contribution in [0.15, 0.2) is 152 Å². The van der Waals surface area contributed by atoms with Crippen molar-refractivity contribution in [2.24, 2.45) is 0 Å². The largest absolute Gasteiger partial charge is 0.309 e. The van der Waals surface area contributed by atoms with Crippen molar-refractivity contribution in [2.45, 2.75) is 19.3 Å². The maximum absolute atomic E-state index is 2.51. The minimum Gasteiger partial charge on any atom is -0.309 e. The molecule has 0 saturated carbocycles. The Morgan fingerprint density at radius 2 is 1.00 bits per heavy atom. The summed E-state index contributed by atoms with van der Waals surface area (Å²) >= 11 is 0. The van der Waals surface area contributed by atoms with Gasteiger partial charge in [-0.2, -0.15) is 0 Å². The molecule has 1 heterocycles. The van der Waals surface area contributed by atoms with Crippen molar-refractivity contribution in [3.05, 3.63) is 163 Å². The van der Waals surface area contributed by atoms with Crippen LogP contribution in [0.25, 0.3) is 93.5 Å². The highest BCUT2D eigenvalue weighted by Crippen LogP contribution is 2.56. The van der Waals surface area contributed by atoms with Crippen molar-refractivity contribution in [3.63, 3.8) is 0 Å². The van der Waals surface area contributed by atoms with Gasteiger partial charge in [-0.3, -0.25) is 0 Å². The second-order valence-corrected chi connectivity index (χ2v) is 14.0. The number of rotatable bonds is 2. The highest BCUT2D eigenvalue weighted by atomic mass is 15.0. The number of fused-ring (bicyclic) bond motifs is 13. The SMILES string of the molecule is CC1(C)c2ccccc2-c2c1c1ccccc1c1c2c2ccccc2n1-c1ccc(-c2ccc3c4c(cccc24)-c2ccccc2-3)cc1. The number of nitrogens with zero attached hydrogens (tertiary/aromatic N) is 1. The van der Waals surface area contributed by atoms with Gasteiger partial charge in [0, 0.05) is 27.3 Å². The van der Waals surface area contributed by atoms with E-state index >= 15 is 0 Å². The van der Waals surface area contributed by atoms with Crippen molar-refractivity contribution in [1.82, 2.24) is 4.57 Å². The lowest BCUT2D eigenvalue weighted by Gasteiger charge is -2.24. The fourth-order valence-electron chi connectivity index (χ4n) is 9.33. The van der Waals surface area contributed by atoms with Crippen LogP contribution in [0.4, 0.5) is 0 Å². The molecule has 2 aliphatic carbocycles. The molecule has 0 amide bonds. The van der Waals surface area contributed by atoms with Crippen LogP contribution in [-0.2, 0) is 5.41 Å². The zero-order chi connectivity index (χ0) is 31.7. The zero-order valence-corrected chi connectivity index (χ0v) is 26.9. The van der Waals surface area contributed by atoms with E-state index in [-0.39, 0.29) is 5.41 Å². The number of hydrogen-bond donors (Lipinski definition) is 0. The van der Waals surface area contributed by atoms with Crippen LogP contribution in [0.5, 0.6) is 0 Å². The van der Waals surface area contributed by atoms with E-state index in [1.165, 1.54) is 105 Å². The molecule has 0 aliphatic heterocycles. The summed E-state index contributed by atoms with van der Waals surface area (Å²) in [6, 6.07) is 56.5. The predicted octanol–water partition coefficient (Wildman–Crippen LogP) is 12.7. The Hall–Kier alpha value is -5.92. The maximum atomic E-state index is 2.51. The Kier molecular flexibility index (Phi) is 4.97. The molecule has 0 saturated heterocycles. The Morgan fingerprint density at radius 3 is 1.79 bits per heavy atom. The van der Waals surface area contributed by atoms with E-state index in [9.17, 15) is 0 Å². The smallest absolute Gasteiger partial charge is 0.0625 e. The average molecular weight is 610 g/mol. The first-order chi connectivity index (χ1) is 23.6. The summed E-state index contributed by atoms with van der Waals surface area (Å²) in [6.45, 7) is 4.79. The Bertz CT molecular complexity index is 2820. The molecule has 11 rings (SSSR count). The highest BCUT2D eigenvalue weighted by molar-refractivity contribution is 6.27. The van der Waals surface area contributed by atoms with Gasteiger partial charge in [-0.1, -0.05) is 147 Å². The normalized spacial score (nSPS) is 13.8. The summed E-state index contributed by atoms with van der Waals surface area (Å²) in [6.07, 6.45) is 0. The number of hydrogen-bond acceptors (Lipinski definition) is 0. The Labute approximate surface area is 279 Å². The Morgan fingerprint density at radius 1 is 0.417 bits per heavy atom. The summed E-state index contributed by atoms with van der Waals surface area (Å²) in [5.74, 6) is 0. The molecule has 2 aliphatic rings. The minimum atomic E-state index is -0.0917. The first kappa shape index (κ1) is 26.2. The van der Waals surface area contributed by atoms with Gasteiger partial charge in [0.25, 0.3) is 0 Å². The van der Waals surface area contributed by atoms with E-state index in [0.29, 0.717) is 0 Å². The number of aromatic nitrogens is 1. The van der Waals surface area contributed by atoms with Crippen molar-refractivity contribution >= 4 is 43.4 Å². The molecule has 0 fully saturated rings. The summed E-state index contributed by atoms with van der Waals surface area (Å²) in [5, 5.41) is 7.99. The summed E-state index contributed by atoms with van der Waals surface area (Å²) in [7, 11) is 0. The predicted molar refractivity (Wildman–Crippen MR) is 203 cm³/mol. The molecule has 9 aromatic rings. The second-order valence-electron chi connectivity index (χ2n) is 14.0. The van der Waals surface area contributed by atoms with Crippen LogP contribution in [0, 0.1) is 0 Å². The van der Waals surface area contributed by atoms with E-state index in [1.807, 2.05) is 0 Å². The van der Waals surface area contributed by atoms with Crippen LogP contribution in [-0.4, -0.2) is 4.57 Å². The quantitative estimate of drug-likeness (QED) is 0.184. The fraction of sp³-hybridized carbons (Fsp3) is 0.0638. The Balaban J connectivity index is 1.17. The third-order valence-electron chi connectivity index (χ3n) is 11.3. The highest BCUT2D eigenvalue weighted by Gasteiger charge is 2.39. The van der Waals surface area contributed by atoms with Gasteiger partial charge < -0.3 is 4.57 Å². The van der Waals surface area contributed by atoms with Crippen LogP contribution in [0.2, 0.25) is 0 Å². The van der Waals surface area contributed by atoms with Gasteiger partial charge in [0.15, 0.2) is 0 Å². The monoisotopic (exact) mass is 609 g/mol. The first-order valence-corrected chi connectivity index (χ1v) is 17.0. The van der Waals surface area contributed by atoms with Gasteiger partial charge in [0.1, 0.15) is 0 Å². The van der Waals surface area contributed by atoms with Crippen molar-refractivity contribution in [3.8, 4) is 50.2 Å². The third kappa shape index (κ3) is 3.16. The lowest BCUT2D eigenvalue weighted by Crippen LogP contribution is -2.15. The van der Waals surface area contributed by atoms with Crippen molar-refractivity contribution < 1.29 is 0 Å². The number of benzene rings is 8. The standard InChI is InChI=1S/C47H31N/c1-47(2)40-20-9-7-16-38(40)43-44-39-17-8-10-21-41(39)48(46(44)37-15-6-5-14-36(37)45(43)47)29-24-22-28(23-25-29)30-26-27-35-32-13-4-3-12-31(32)34-19-11-18-33(30)42(34)35/h3-27H,1-2H3. The van der Waals surface area contributed by atoms with Crippen LogP contribution < -0.4 is 0 Å². The molecule has 1 aromatic heterocycles. The molecule has 0 bridgehead atoms. The molecule has 1 heteroatoms. The van der Waals surface area contributed by atoms with Gasteiger partial charge in [0.2, 0.25) is 0 Å². The van der Waals surface area contributed by atoms with E-state index in [4.69, 9.17) is 0 Å². The molecule has 224 valence electrons. The molecule has 0 radical (unpaired) electrons. The van der Waals surface area contributed by atoms with E-state index in [0.717, 1.165) is 0 Å². The zero-order valence-electron chi connectivity index (χ0n) is 26.9. The molecule has 8 aromatic carbocycles. The third-order valence-corrected chi connectivity index (χ3v) is 11.3. The maximum Gasteiger partial charge on any atom is 0.0625 e. The average Bonchev–Trinajstić information content (AvgIpc) is 3.74. The molecule has 0 N–H and O–H groups in total. The summed E-state index contributed by atoms with van der Waals surface area (Å²) in [4.78, 5) is 0. The summed E-state index contributed by atoms with van der Waals surface area (Å²) < 4.78 is 2.51. The topological polar surface area (TPSA) is 4.93 Å². The molecule has 0 spiro atoms. The van der Waals surface area contributed by atoms with Gasteiger partial charge in [-0.15, -0.1) is 0 Å². The van der Waals surface area contributed by atoms with Gasteiger partial charge in [-0.25, -0.2) is 0 Å². The molecule has 1 nitrogen and oxygen atoms in total. The van der Waals surface area contributed by atoms with Gasteiger partial charge in [-0.05, 0) is 90.0 Å². The molecular weight excluding hydrogens is 579 g/mol. The van der Waals surface area contributed by atoms with Gasteiger partial charge >= 0.3 is 0 Å². The van der Waals surface area contributed by atoms with Crippen LogP contribution in [0.3, 0.4) is 0 Å². The van der Waals surface area contributed by atoms with Crippen LogP contribution >= 0.6 is 0 Å². The molecule has 0 atom stereocenters. The van der Waals surface area contributed by atoms with E-state index < -0.39 is 0 Å². The second kappa shape index (κ2) is 9.12. The minimum absolute atomic E-state index is 0.0917. The van der Waals surface area contributed by atoms with Crippen molar-refractivity contribution in [2.75, 3.05) is 0 Å². The molecule has 0 unspecified atom stereocenters. The molecular formula is C47H31N. The molecule has 48 heavy (non-hydrogen) atoms. The summed E-state index contributed by atoms with van der Waals surface area (Å²) in [5.41, 5.74) is 17.1. The van der Waals surface area contributed by atoms with Gasteiger partial charge in [0.05, 0.1) is 11.0 Å². The number of para-hydroxylation sites is 1. The van der Waals surface area contributed by atoms with E-state index in [2.05, 4.69) is 170 Å².